The second-order valence-corrected chi connectivity index (χ2v) is 7.13. The lowest BCUT2D eigenvalue weighted by Crippen LogP contribution is -2.65. The fourth-order valence-electron chi connectivity index (χ4n) is 4.01. The summed E-state index contributed by atoms with van der Waals surface area (Å²) in [5.41, 5.74) is 3.23. The van der Waals surface area contributed by atoms with E-state index in [0.29, 0.717) is 0 Å². The van der Waals surface area contributed by atoms with Crippen LogP contribution in [-0.2, 0) is 0 Å². The van der Waals surface area contributed by atoms with Gasteiger partial charge >= 0.3 is 0 Å². The number of nitrogens with zero attached hydrogens (tertiary/aromatic N) is 3. The number of carbonyl (C=O) groups excluding carboxylic acids is 1. The Balaban J connectivity index is 1.59. The van der Waals surface area contributed by atoms with Crippen LogP contribution in [0, 0.1) is 11.3 Å². The lowest BCUT2D eigenvalue weighted by Gasteiger charge is -2.51. The molecular formula is C24H21N3O3. The van der Waals surface area contributed by atoms with E-state index in [9.17, 15) is 15.2 Å². The Morgan fingerprint density at radius 3 is 2.57 bits per heavy atom. The van der Waals surface area contributed by atoms with E-state index in [1.165, 1.54) is 11.1 Å². The summed E-state index contributed by atoms with van der Waals surface area (Å²) in [6.45, 7) is -0.223. The summed E-state index contributed by atoms with van der Waals surface area (Å²) in [6, 6.07) is 21.8. The van der Waals surface area contributed by atoms with Crippen molar-refractivity contribution in [3.8, 4) is 22.9 Å². The number of hydrogen-bond acceptors (Lipinski definition) is 5. The van der Waals surface area contributed by atoms with E-state index in [1.807, 2.05) is 48.5 Å². The molecular weight excluding hydrogens is 378 g/mol. The number of carbonyl (C=O) groups is 1. The van der Waals surface area contributed by atoms with Crippen LogP contribution in [0.2, 0.25) is 0 Å². The van der Waals surface area contributed by atoms with Crippen molar-refractivity contribution in [3.63, 3.8) is 0 Å². The summed E-state index contributed by atoms with van der Waals surface area (Å²) in [6.07, 6.45) is 1.54. The van der Waals surface area contributed by atoms with Gasteiger partial charge in [0.05, 0.1) is 25.8 Å². The number of aliphatic hydroxyl groups excluding tert-OH is 1. The quantitative estimate of drug-likeness (QED) is 0.712. The molecule has 1 saturated heterocycles. The molecule has 3 atom stereocenters. The molecule has 1 aliphatic heterocycles. The fourth-order valence-corrected chi connectivity index (χ4v) is 4.01. The summed E-state index contributed by atoms with van der Waals surface area (Å²) in [5.74, 6) is 0.182. The molecule has 150 valence electrons. The Kier molecular flexibility index (Phi) is 5.46. The van der Waals surface area contributed by atoms with E-state index in [-0.39, 0.29) is 24.1 Å². The maximum Gasteiger partial charge on any atom is 0.273 e. The predicted molar refractivity (Wildman–Crippen MR) is 112 cm³/mol. The van der Waals surface area contributed by atoms with Crippen molar-refractivity contribution in [2.45, 2.75) is 18.0 Å². The SMILES string of the molecule is COc1cccc(-c2ccc([C@@H]3[C@@H](CO)N(C(=O)c4ccccn4)[C@H]3C#N)cc2)c1. The van der Waals surface area contributed by atoms with Crippen LogP contribution in [0.5, 0.6) is 5.75 Å². The number of nitriles is 1. The maximum absolute atomic E-state index is 12.8. The number of pyridine rings is 1. The molecule has 4 rings (SSSR count). The van der Waals surface area contributed by atoms with Gasteiger partial charge in [-0.25, -0.2) is 0 Å². The molecule has 0 bridgehead atoms. The van der Waals surface area contributed by atoms with Crippen LogP contribution < -0.4 is 4.74 Å². The molecule has 1 amide bonds. The molecule has 2 heterocycles. The number of rotatable bonds is 5. The zero-order valence-electron chi connectivity index (χ0n) is 16.5. The summed E-state index contributed by atoms with van der Waals surface area (Å²) in [4.78, 5) is 18.3. The van der Waals surface area contributed by atoms with Gasteiger partial charge in [0.2, 0.25) is 0 Å². The van der Waals surface area contributed by atoms with E-state index >= 15 is 0 Å². The molecule has 6 nitrogen and oxygen atoms in total. The minimum Gasteiger partial charge on any atom is -0.497 e. The van der Waals surface area contributed by atoms with Crippen molar-refractivity contribution in [1.29, 1.82) is 5.26 Å². The molecule has 0 unspecified atom stereocenters. The van der Waals surface area contributed by atoms with Gasteiger partial charge in [-0.3, -0.25) is 9.78 Å². The van der Waals surface area contributed by atoms with E-state index < -0.39 is 12.1 Å². The van der Waals surface area contributed by atoms with Crippen LogP contribution >= 0.6 is 0 Å². The highest BCUT2D eigenvalue weighted by molar-refractivity contribution is 5.94. The Hall–Kier alpha value is -3.69. The van der Waals surface area contributed by atoms with Crippen molar-refractivity contribution in [3.05, 3.63) is 84.2 Å². The lowest BCUT2D eigenvalue weighted by atomic mass is 9.75. The van der Waals surface area contributed by atoms with E-state index in [0.717, 1.165) is 22.4 Å². The zero-order chi connectivity index (χ0) is 21.1. The largest absolute Gasteiger partial charge is 0.497 e. The van der Waals surface area contributed by atoms with E-state index in [4.69, 9.17) is 4.74 Å². The van der Waals surface area contributed by atoms with Gasteiger partial charge in [0, 0.05) is 12.1 Å². The Bertz CT molecular complexity index is 1080. The number of hydrogen-bond donors (Lipinski definition) is 1. The van der Waals surface area contributed by atoms with E-state index in [2.05, 4.69) is 11.1 Å². The molecule has 1 aliphatic rings. The molecule has 0 saturated carbocycles. The molecule has 6 heteroatoms. The van der Waals surface area contributed by atoms with Gasteiger partial charge < -0.3 is 14.7 Å². The van der Waals surface area contributed by atoms with Crippen LogP contribution in [0.3, 0.4) is 0 Å². The molecule has 0 spiro atoms. The van der Waals surface area contributed by atoms with Gasteiger partial charge in [0.1, 0.15) is 17.5 Å². The first kappa shape index (κ1) is 19.6. The third-order valence-corrected chi connectivity index (χ3v) is 5.55. The Morgan fingerprint density at radius 2 is 1.93 bits per heavy atom. The van der Waals surface area contributed by atoms with Crippen LogP contribution in [0.25, 0.3) is 11.1 Å². The topological polar surface area (TPSA) is 86.5 Å². The van der Waals surface area contributed by atoms with Crippen molar-refractivity contribution < 1.29 is 14.6 Å². The van der Waals surface area contributed by atoms with E-state index in [1.54, 1.807) is 25.3 Å². The zero-order valence-corrected chi connectivity index (χ0v) is 16.5. The number of ether oxygens (including phenoxy) is 1. The smallest absolute Gasteiger partial charge is 0.273 e. The maximum atomic E-state index is 12.8. The van der Waals surface area contributed by atoms with Crippen molar-refractivity contribution in [2.75, 3.05) is 13.7 Å². The van der Waals surface area contributed by atoms with Gasteiger partial charge in [-0.15, -0.1) is 0 Å². The lowest BCUT2D eigenvalue weighted by molar-refractivity contribution is -0.00629. The first-order valence-corrected chi connectivity index (χ1v) is 9.66. The average molecular weight is 399 g/mol. The number of methoxy groups -OCH3 is 1. The molecule has 3 aromatic rings. The predicted octanol–water partition coefficient (Wildman–Crippen LogP) is 3.25. The van der Waals surface area contributed by atoms with Crippen molar-refractivity contribution >= 4 is 5.91 Å². The van der Waals surface area contributed by atoms with Gasteiger partial charge in [0.15, 0.2) is 0 Å². The summed E-state index contributed by atoms with van der Waals surface area (Å²) >= 11 is 0. The third kappa shape index (κ3) is 3.40. The molecule has 0 aliphatic carbocycles. The van der Waals surface area contributed by atoms with Crippen LogP contribution in [0.15, 0.2) is 72.9 Å². The number of aromatic nitrogens is 1. The van der Waals surface area contributed by atoms with Crippen LogP contribution in [0.1, 0.15) is 22.0 Å². The van der Waals surface area contributed by atoms with Crippen molar-refractivity contribution in [2.24, 2.45) is 0 Å². The molecule has 1 fully saturated rings. The van der Waals surface area contributed by atoms with Crippen LogP contribution in [0.4, 0.5) is 0 Å². The second kappa shape index (κ2) is 8.36. The fraction of sp³-hybridized carbons (Fsp3) is 0.208. The van der Waals surface area contributed by atoms with Gasteiger partial charge in [-0.05, 0) is 41.0 Å². The average Bonchev–Trinajstić information content (AvgIpc) is 2.80. The molecule has 2 aromatic carbocycles. The normalized spacial score (nSPS) is 20.2. The third-order valence-electron chi connectivity index (χ3n) is 5.55. The Labute approximate surface area is 175 Å². The highest BCUT2D eigenvalue weighted by atomic mass is 16.5. The van der Waals surface area contributed by atoms with Gasteiger partial charge in [-0.2, -0.15) is 5.26 Å². The first-order valence-electron chi connectivity index (χ1n) is 9.66. The molecule has 0 radical (unpaired) electrons. The number of benzene rings is 2. The second-order valence-electron chi connectivity index (χ2n) is 7.13. The number of amides is 1. The molecule has 30 heavy (non-hydrogen) atoms. The summed E-state index contributed by atoms with van der Waals surface area (Å²) < 4.78 is 5.29. The number of aliphatic hydroxyl groups is 1. The monoisotopic (exact) mass is 399 g/mol. The minimum absolute atomic E-state index is 0.223. The van der Waals surface area contributed by atoms with Crippen molar-refractivity contribution in [1.82, 2.24) is 9.88 Å². The standard InChI is InChI=1S/C24H21N3O3/c1-30-19-6-4-5-18(13-19)16-8-10-17(11-9-16)23-21(14-25)27(22(23)15-28)24(29)20-7-2-3-12-26-20/h2-13,21-23,28H,15H2,1H3/t21-,22+,23-/m0/s1. The summed E-state index contributed by atoms with van der Waals surface area (Å²) in [5, 5.41) is 19.7. The highest BCUT2D eigenvalue weighted by Crippen LogP contribution is 2.41. The van der Waals surface area contributed by atoms with Gasteiger partial charge in [-0.1, -0.05) is 42.5 Å². The molecule has 1 N–H and O–H groups in total. The number of likely N-dealkylation sites (tertiary alicyclic amines) is 1. The molecule has 1 aromatic heterocycles. The first-order chi connectivity index (χ1) is 14.7. The Morgan fingerprint density at radius 1 is 1.13 bits per heavy atom. The van der Waals surface area contributed by atoms with Crippen LogP contribution in [-0.4, -0.2) is 46.7 Å². The van der Waals surface area contributed by atoms with Gasteiger partial charge in [0.25, 0.3) is 5.91 Å². The minimum atomic E-state index is -0.653. The highest BCUT2D eigenvalue weighted by Gasteiger charge is 2.52. The summed E-state index contributed by atoms with van der Waals surface area (Å²) in [7, 11) is 1.63.